The van der Waals surface area contributed by atoms with Crippen LogP contribution in [0.1, 0.15) is 39.2 Å². The van der Waals surface area contributed by atoms with E-state index in [0.29, 0.717) is 5.82 Å². The van der Waals surface area contributed by atoms with Crippen LogP contribution in [0, 0.1) is 5.41 Å². The summed E-state index contributed by atoms with van der Waals surface area (Å²) >= 11 is 0. The number of nitrogens with zero attached hydrogens (tertiary/aromatic N) is 1. The number of nitrogens with one attached hydrogen (secondary N) is 1. The number of nitrogen functional groups attached to an aromatic ring is 1. The summed E-state index contributed by atoms with van der Waals surface area (Å²) in [7, 11) is 0. The summed E-state index contributed by atoms with van der Waals surface area (Å²) in [6, 6.07) is 4.07. The molecule has 1 unspecified atom stereocenters. The second-order valence-electron chi connectivity index (χ2n) is 5.62. The molecule has 0 spiro atoms. The summed E-state index contributed by atoms with van der Waals surface area (Å²) in [5, 5.41) is 3.65. The van der Waals surface area contributed by atoms with Gasteiger partial charge in [0.1, 0.15) is 5.82 Å². The van der Waals surface area contributed by atoms with Crippen molar-refractivity contribution in [3.8, 4) is 0 Å². The van der Waals surface area contributed by atoms with Crippen molar-refractivity contribution in [1.82, 2.24) is 10.3 Å². The highest BCUT2D eigenvalue weighted by Crippen LogP contribution is 2.46. The van der Waals surface area contributed by atoms with E-state index in [1.54, 1.807) is 6.20 Å². The maximum Gasteiger partial charge on any atom is 0.128 e. The van der Waals surface area contributed by atoms with Gasteiger partial charge in [0.25, 0.3) is 0 Å². The Hall–Kier alpha value is -1.09. The average Bonchev–Trinajstić information content (AvgIpc) is 2.67. The molecule has 0 radical (unpaired) electrons. The van der Waals surface area contributed by atoms with Gasteiger partial charge in [-0.05, 0) is 30.9 Å². The number of aromatic nitrogens is 1. The van der Waals surface area contributed by atoms with Gasteiger partial charge in [0.2, 0.25) is 0 Å². The van der Waals surface area contributed by atoms with Gasteiger partial charge in [-0.3, -0.25) is 0 Å². The summed E-state index contributed by atoms with van der Waals surface area (Å²) in [5.41, 5.74) is 7.30. The molecule has 0 aliphatic carbocycles. The number of hydrogen-bond acceptors (Lipinski definition) is 3. The highest BCUT2D eigenvalue weighted by atomic mass is 15.0. The lowest BCUT2D eigenvalue weighted by molar-refractivity contribution is 0.161. The fraction of sp³-hybridized carbons (Fsp3) is 0.615. The minimum Gasteiger partial charge on any atom is -0.383 e. The maximum absolute atomic E-state index is 6.03. The molecule has 3 heteroatoms. The van der Waals surface area contributed by atoms with Crippen LogP contribution >= 0.6 is 0 Å². The fourth-order valence-corrected chi connectivity index (χ4v) is 2.80. The molecule has 1 saturated heterocycles. The van der Waals surface area contributed by atoms with Crippen molar-refractivity contribution in [2.75, 3.05) is 12.3 Å². The molecule has 3 nitrogen and oxygen atoms in total. The van der Waals surface area contributed by atoms with Gasteiger partial charge in [0.05, 0.1) is 5.54 Å². The minimum atomic E-state index is -0.0225. The molecule has 1 aromatic rings. The lowest BCUT2D eigenvalue weighted by Crippen LogP contribution is -2.48. The van der Waals surface area contributed by atoms with Crippen LogP contribution in [-0.2, 0) is 5.54 Å². The highest BCUT2D eigenvalue weighted by molar-refractivity contribution is 5.45. The Morgan fingerprint density at radius 1 is 1.44 bits per heavy atom. The van der Waals surface area contributed by atoms with Crippen molar-refractivity contribution in [3.05, 3.63) is 23.9 Å². The third-order valence-electron chi connectivity index (χ3n) is 3.73. The van der Waals surface area contributed by atoms with Crippen LogP contribution in [0.5, 0.6) is 0 Å². The van der Waals surface area contributed by atoms with Crippen LogP contribution in [0.25, 0.3) is 0 Å². The van der Waals surface area contributed by atoms with Gasteiger partial charge in [-0.15, -0.1) is 0 Å². The number of anilines is 1. The Labute approximate surface area is 97.5 Å². The van der Waals surface area contributed by atoms with E-state index in [1.165, 1.54) is 6.42 Å². The number of pyridine rings is 1. The molecular formula is C13H21N3. The van der Waals surface area contributed by atoms with E-state index >= 15 is 0 Å². The van der Waals surface area contributed by atoms with Crippen LogP contribution in [0.15, 0.2) is 18.3 Å². The molecule has 0 saturated carbocycles. The molecule has 16 heavy (non-hydrogen) atoms. The van der Waals surface area contributed by atoms with E-state index in [2.05, 4.69) is 37.1 Å². The second-order valence-corrected chi connectivity index (χ2v) is 5.62. The van der Waals surface area contributed by atoms with E-state index < -0.39 is 0 Å². The Balaban J connectivity index is 2.53. The Bertz CT molecular complexity index is 373. The van der Waals surface area contributed by atoms with Crippen LogP contribution in [0.3, 0.4) is 0 Å². The normalized spacial score (nSPS) is 25.9. The first kappa shape index (κ1) is 11.4. The van der Waals surface area contributed by atoms with Crippen molar-refractivity contribution in [3.63, 3.8) is 0 Å². The average molecular weight is 219 g/mol. The first-order valence-corrected chi connectivity index (χ1v) is 5.93. The van der Waals surface area contributed by atoms with Gasteiger partial charge in [-0.2, -0.15) is 0 Å². The lowest BCUT2D eigenvalue weighted by atomic mass is 9.68. The van der Waals surface area contributed by atoms with Crippen molar-refractivity contribution in [2.24, 2.45) is 5.41 Å². The smallest absolute Gasteiger partial charge is 0.128 e. The molecule has 0 amide bonds. The predicted molar refractivity (Wildman–Crippen MR) is 67.0 cm³/mol. The third kappa shape index (κ3) is 1.59. The first-order chi connectivity index (χ1) is 7.47. The molecule has 1 atom stereocenters. The zero-order chi connectivity index (χ0) is 11.8. The monoisotopic (exact) mass is 219 g/mol. The van der Waals surface area contributed by atoms with E-state index in [0.717, 1.165) is 18.5 Å². The fourth-order valence-electron chi connectivity index (χ4n) is 2.80. The molecule has 3 N–H and O–H groups in total. The summed E-state index contributed by atoms with van der Waals surface area (Å²) in [5.74, 6) is 0.659. The van der Waals surface area contributed by atoms with Gasteiger partial charge in [-0.25, -0.2) is 4.98 Å². The molecule has 1 aromatic heterocycles. The van der Waals surface area contributed by atoms with E-state index in [4.69, 9.17) is 5.73 Å². The standard InChI is InChI=1S/C13H21N3/c1-12(2,3)13(7-5-9-16-13)10-6-4-8-15-11(10)14/h4,6,8,16H,5,7,9H2,1-3H3,(H2,14,15). The lowest BCUT2D eigenvalue weighted by Gasteiger charge is -2.43. The first-order valence-electron chi connectivity index (χ1n) is 5.93. The summed E-state index contributed by atoms with van der Waals surface area (Å²) in [6.45, 7) is 7.85. The SMILES string of the molecule is CC(C)(C)C1(c2cccnc2N)CCCN1. The zero-order valence-electron chi connectivity index (χ0n) is 10.4. The molecule has 1 fully saturated rings. The van der Waals surface area contributed by atoms with E-state index in [-0.39, 0.29) is 11.0 Å². The highest BCUT2D eigenvalue weighted by Gasteiger charge is 2.46. The number of hydrogen-bond donors (Lipinski definition) is 2. The molecule has 2 rings (SSSR count). The molecule has 0 bridgehead atoms. The van der Waals surface area contributed by atoms with E-state index in [1.807, 2.05) is 6.07 Å². The third-order valence-corrected chi connectivity index (χ3v) is 3.73. The van der Waals surface area contributed by atoms with Gasteiger partial charge in [-0.1, -0.05) is 26.8 Å². The summed E-state index contributed by atoms with van der Waals surface area (Å²) < 4.78 is 0. The van der Waals surface area contributed by atoms with Crippen molar-refractivity contribution >= 4 is 5.82 Å². The zero-order valence-corrected chi connectivity index (χ0v) is 10.4. The van der Waals surface area contributed by atoms with Crippen molar-refractivity contribution in [1.29, 1.82) is 0 Å². The van der Waals surface area contributed by atoms with E-state index in [9.17, 15) is 0 Å². The predicted octanol–water partition coefficient (Wildman–Crippen LogP) is 2.29. The molecule has 2 heterocycles. The number of rotatable bonds is 1. The molecule has 88 valence electrons. The van der Waals surface area contributed by atoms with Crippen LogP contribution in [0.4, 0.5) is 5.82 Å². The maximum atomic E-state index is 6.03. The van der Waals surface area contributed by atoms with Crippen molar-refractivity contribution in [2.45, 2.75) is 39.2 Å². The van der Waals surface area contributed by atoms with Gasteiger partial charge < -0.3 is 11.1 Å². The molecule has 1 aliphatic heterocycles. The van der Waals surface area contributed by atoms with Gasteiger partial charge in [0, 0.05) is 11.8 Å². The van der Waals surface area contributed by atoms with Crippen LogP contribution in [-0.4, -0.2) is 11.5 Å². The topological polar surface area (TPSA) is 50.9 Å². The minimum absolute atomic E-state index is 0.0225. The molecule has 1 aliphatic rings. The molecular weight excluding hydrogens is 198 g/mol. The van der Waals surface area contributed by atoms with Crippen molar-refractivity contribution < 1.29 is 0 Å². The summed E-state index contributed by atoms with van der Waals surface area (Å²) in [6.07, 6.45) is 4.09. The Kier molecular flexibility index (Phi) is 2.66. The summed E-state index contributed by atoms with van der Waals surface area (Å²) in [4.78, 5) is 4.22. The quantitative estimate of drug-likeness (QED) is 0.762. The Morgan fingerprint density at radius 3 is 2.69 bits per heavy atom. The number of nitrogens with two attached hydrogens (primary N) is 1. The Morgan fingerprint density at radius 2 is 2.19 bits per heavy atom. The molecule has 0 aromatic carbocycles. The van der Waals surface area contributed by atoms with Crippen LogP contribution in [0.2, 0.25) is 0 Å². The second kappa shape index (κ2) is 3.74. The van der Waals surface area contributed by atoms with Gasteiger partial charge in [0.15, 0.2) is 0 Å². The van der Waals surface area contributed by atoms with Gasteiger partial charge >= 0.3 is 0 Å². The van der Waals surface area contributed by atoms with Crippen LogP contribution < -0.4 is 11.1 Å². The largest absolute Gasteiger partial charge is 0.383 e.